The van der Waals surface area contributed by atoms with Crippen LogP contribution in [0.3, 0.4) is 0 Å². The molecule has 134 valence electrons. The minimum atomic E-state index is -0.396. The van der Waals surface area contributed by atoms with Gasteiger partial charge in [-0.15, -0.1) is 11.3 Å². The van der Waals surface area contributed by atoms with Gasteiger partial charge in [0.25, 0.3) is 11.8 Å². The smallest absolute Gasteiger partial charge is 0.282 e. The fraction of sp³-hybridized carbons (Fsp3) is 0.0476. The molecule has 27 heavy (non-hydrogen) atoms. The molecule has 0 aliphatic carbocycles. The van der Waals surface area contributed by atoms with Crippen molar-refractivity contribution in [3.05, 3.63) is 87.2 Å². The van der Waals surface area contributed by atoms with E-state index in [9.17, 15) is 9.59 Å². The van der Waals surface area contributed by atoms with Crippen molar-refractivity contribution in [1.82, 2.24) is 0 Å². The summed E-state index contributed by atoms with van der Waals surface area (Å²) < 4.78 is 0. The van der Waals surface area contributed by atoms with Crippen molar-refractivity contribution < 1.29 is 9.59 Å². The van der Waals surface area contributed by atoms with Gasteiger partial charge < -0.3 is 5.32 Å². The highest BCUT2D eigenvalue weighted by Gasteiger charge is 2.40. The maximum Gasteiger partial charge on any atom is 0.282 e. The average molecular weight is 395 g/mol. The predicted molar refractivity (Wildman–Crippen MR) is 110 cm³/mol. The van der Waals surface area contributed by atoms with Gasteiger partial charge in [0.15, 0.2) is 0 Å². The highest BCUT2D eigenvalue weighted by atomic mass is 35.5. The number of carbonyl (C=O) groups excluding carboxylic acids is 2. The molecule has 0 atom stereocenters. The van der Waals surface area contributed by atoms with E-state index in [1.54, 1.807) is 18.2 Å². The van der Waals surface area contributed by atoms with Crippen LogP contribution in [0.1, 0.15) is 10.4 Å². The van der Waals surface area contributed by atoms with Gasteiger partial charge in [0.2, 0.25) is 0 Å². The zero-order chi connectivity index (χ0) is 19.0. The first-order valence-electron chi connectivity index (χ1n) is 8.31. The minimum Gasteiger partial charge on any atom is -0.350 e. The van der Waals surface area contributed by atoms with Gasteiger partial charge in [-0.3, -0.25) is 9.59 Å². The molecule has 4 rings (SSSR count). The molecule has 2 heterocycles. The quantitative estimate of drug-likeness (QED) is 0.626. The maximum absolute atomic E-state index is 13.2. The van der Waals surface area contributed by atoms with Gasteiger partial charge in [0, 0.05) is 15.6 Å². The Labute approximate surface area is 165 Å². The fourth-order valence-electron chi connectivity index (χ4n) is 2.92. The molecule has 3 aromatic rings. The number of hydrogen-bond acceptors (Lipinski definition) is 4. The lowest BCUT2D eigenvalue weighted by Crippen LogP contribution is -2.32. The van der Waals surface area contributed by atoms with Crippen LogP contribution in [0.2, 0.25) is 5.02 Å². The predicted octanol–water partition coefficient (Wildman–Crippen LogP) is 5.11. The van der Waals surface area contributed by atoms with Crippen LogP contribution in [0.4, 0.5) is 11.4 Å². The number of para-hydroxylation sites is 1. The monoisotopic (exact) mass is 394 g/mol. The van der Waals surface area contributed by atoms with Gasteiger partial charge in [0.1, 0.15) is 5.70 Å². The summed E-state index contributed by atoms with van der Waals surface area (Å²) in [4.78, 5) is 28.3. The first-order valence-corrected chi connectivity index (χ1v) is 9.57. The summed E-state index contributed by atoms with van der Waals surface area (Å²) in [6, 6.07) is 18.2. The number of benzene rings is 2. The largest absolute Gasteiger partial charge is 0.350 e. The number of anilines is 2. The topological polar surface area (TPSA) is 49.4 Å². The summed E-state index contributed by atoms with van der Waals surface area (Å²) in [5.74, 6) is -0.757. The molecule has 0 spiro atoms. The number of hydrogen-bond donors (Lipinski definition) is 1. The summed E-state index contributed by atoms with van der Waals surface area (Å²) in [5, 5.41) is 5.52. The number of halogens is 1. The van der Waals surface area contributed by atoms with Crippen LogP contribution in [0.25, 0.3) is 5.57 Å². The van der Waals surface area contributed by atoms with Crippen molar-refractivity contribution in [3.63, 3.8) is 0 Å². The number of thiophene rings is 1. The first-order chi connectivity index (χ1) is 13.1. The Kier molecular flexibility index (Phi) is 4.56. The van der Waals surface area contributed by atoms with E-state index in [0.29, 0.717) is 16.3 Å². The second-order valence-corrected chi connectivity index (χ2v) is 7.45. The molecule has 0 saturated heterocycles. The summed E-state index contributed by atoms with van der Waals surface area (Å²) in [6.45, 7) is 1.87. The zero-order valence-corrected chi connectivity index (χ0v) is 16.0. The molecule has 1 aliphatic rings. The third kappa shape index (κ3) is 3.16. The Morgan fingerprint density at radius 2 is 1.74 bits per heavy atom. The maximum atomic E-state index is 13.2. The van der Waals surface area contributed by atoms with E-state index in [1.807, 2.05) is 54.8 Å². The lowest BCUT2D eigenvalue weighted by atomic mass is 10.2. The number of amides is 2. The Bertz CT molecular complexity index is 1060. The van der Waals surface area contributed by atoms with Crippen molar-refractivity contribution in [1.29, 1.82) is 0 Å². The van der Waals surface area contributed by atoms with Crippen LogP contribution in [0, 0.1) is 6.92 Å². The number of imide groups is 1. The first kappa shape index (κ1) is 17.5. The lowest BCUT2D eigenvalue weighted by molar-refractivity contribution is -0.120. The molecule has 2 aromatic carbocycles. The van der Waals surface area contributed by atoms with E-state index in [-0.39, 0.29) is 11.6 Å². The van der Waals surface area contributed by atoms with Crippen molar-refractivity contribution in [2.75, 3.05) is 10.2 Å². The van der Waals surface area contributed by atoms with Crippen molar-refractivity contribution in [2.45, 2.75) is 6.92 Å². The molecule has 0 fully saturated rings. The molecule has 4 nitrogen and oxygen atoms in total. The Morgan fingerprint density at radius 3 is 2.41 bits per heavy atom. The van der Waals surface area contributed by atoms with Crippen molar-refractivity contribution in [2.24, 2.45) is 0 Å². The third-order valence-electron chi connectivity index (χ3n) is 4.31. The lowest BCUT2D eigenvalue weighted by Gasteiger charge is -2.16. The van der Waals surface area contributed by atoms with Crippen molar-refractivity contribution in [3.8, 4) is 0 Å². The van der Waals surface area contributed by atoms with E-state index in [4.69, 9.17) is 11.6 Å². The normalized spacial score (nSPS) is 14.2. The molecule has 0 unspecified atom stereocenters. The molecule has 1 aliphatic heterocycles. The molecular formula is C21H15ClN2O2S. The van der Waals surface area contributed by atoms with Crippen LogP contribution >= 0.6 is 22.9 Å². The van der Waals surface area contributed by atoms with Gasteiger partial charge >= 0.3 is 0 Å². The number of nitrogens with zero attached hydrogens (tertiary/aromatic N) is 1. The minimum absolute atomic E-state index is 0.269. The van der Waals surface area contributed by atoms with E-state index < -0.39 is 5.91 Å². The molecule has 0 bridgehead atoms. The molecule has 2 amide bonds. The molecule has 6 heteroatoms. The van der Waals surface area contributed by atoms with Crippen LogP contribution in [-0.2, 0) is 9.59 Å². The van der Waals surface area contributed by atoms with Crippen LogP contribution in [-0.4, -0.2) is 11.8 Å². The van der Waals surface area contributed by atoms with Crippen LogP contribution in [0.5, 0.6) is 0 Å². The molecule has 0 saturated carbocycles. The summed E-state index contributed by atoms with van der Waals surface area (Å²) in [6.07, 6.45) is 0. The Morgan fingerprint density at radius 1 is 0.963 bits per heavy atom. The van der Waals surface area contributed by atoms with E-state index in [2.05, 4.69) is 5.32 Å². The van der Waals surface area contributed by atoms with E-state index in [1.165, 1.54) is 16.2 Å². The van der Waals surface area contributed by atoms with E-state index in [0.717, 1.165) is 16.1 Å². The molecule has 0 radical (unpaired) electrons. The number of aryl methyl sites for hydroxylation is 1. The number of rotatable bonds is 4. The Balaban J connectivity index is 1.80. The SMILES string of the molecule is Cc1ccc(N2C(=O)C(Nc3ccccc3)=C(c3cccs3)C2=O)cc1Cl. The second kappa shape index (κ2) is 7.02. The standard InChI is InChI=1S/C21H15ClN2O2S/c1-13-9-10-15(12-16(13)22)24-20(25)18(17-8-5-11-27-17)19(21(24)26)23-14-6-3-2-4-7-14/h2-12,23H,1H3. The highest BCUT2D eigenvalue weighted by molar-refractivity contribution is 7.11. The summed E-state index contributed by atoms with van der Waals surface area (Å²) in [7, 11) is 0. The van der Waals surface area contributed by atoms with Gasteiger partial charge in [0.05, 0.1) is 11.3 Å². The molecule has 1 aromatic heterocycles. The Hall–Kier alpha value is -2.89. The zero-order valence-electron chi connectivity index (χ0n) is 14.4. The van der Waals surface area contributed by atoms with Gasteiger partial charge in [-0.1, -0.05) is 41.9 Å². The number of nitrogens with one attached hydrogen (secondary N) is 1. The van der Waals surface area contributed by atoms with Crippen LogP contribution in [0.15, 0.2) is 71.7 Å². The molecule has 1 N–H and O–H groups in total. The van der Waals surface area contributed by atoms with Gasteiger partial charge in [-0.05, 0) is 48.2 Å². The third-order valence-corrected chi connectivity index (χ3v) is 5.60. The highest BCUT2D eigenvalue weighted by Crippen LogP contribution is 2.36. The second-order valence-electron chi connectivity index (χ2n) is 6.10. The average Bonchev–Trinajstić information content (AvgIpc) is 3.26. The van der Waals surface area contributed by atoms with Gasteiger partial charge in [-0.25, -0.2) is 4.90 Å². The number of carbonyl (C=O) groups is 2. The van der Waals surface area contributed by atoms with Crippen LogP contribution < -0.4 is 10.2 Å². The molecular weight excluding hydrogens is 380 g/mol. The van der Waals surface area contributed by atoms with Crippen molar-refractivity contribution >= 4 is 51.7 Å². The van der Waals surface area contributed by atoms with Gasteiger partial charge in [-0.2, -0.15) is 0 Å². The fourth-order valence-corrected chi connectivity index (χ4v) is 3.86. The summed E-state index contributed by atoms with van der Waals surface area (Å²) in [5.41, 5.74) is 2.72. The summed E-state index contributed by atoms with van der Waals surface area (Å²) >= 11 is 7.63. The van der Waals surface area contributed by atoms with E-state index >= 15 is 0 Å².